The van der Waals surface area contributed by atoms with Crippen molar-refractivity contribution < 1.29 is 14.0 Å². The number of carbonyl (C=O) groups is 2. The molecule has 6 nitrogen and oxygen atoms in total. The number of aromatic nitrogens is 2. The van der Waals surface area contributed by atoms with Crippen molar-refractivity contribution in [1.29, 1.82) is 0 Å². The van der Waals surface area contributed by atoms with Crippen molar-refractivity contribution in [3.05, 3.63) is 108 Å². The van der Waals surface area contributed by atoms with Gasteiger partial charge in [-0.3, -0.25) is 19.6 Å². The molecule has 0 bridgehead atoms. The maximum atomic E-state index is 14.6. The summed E-state index contributed by atoms with van der Waals surface area (Å²) in [6.07, 6.45) is 2.30. The van der Waals surface area contributed by atoms with Crippen LogP contribution in [0.25, 0.3) is 10.9 Å². The standard InChI is InChI=1S/C31H31FN4O2/c1-20(2)23-13-14-27(34-18-23)30(21-8-4-3-5-9-21)35-31(38)28-17-24(32)19-36(28)29(37)16-22-10-6-12-26-25(22)11-7-15-33-26/h3-15,18,20,24,28,30H,16-17,19H2,1-2H3,(H,35,38)/t24-,28+,30+/m1/s1. The number of nitrogens with one attached hydrogen (secondary N) is 1. The molecule has 194 valence electrons. The topological polar surface area (TPSA) is 75.2 Å². The molecule has 1 aliphatic rings. The number of fused-ring (bicyclic) bond motifs is 1. The molecule has 1 saturated heterocycles. The van der Waals surface area contributed by atoms with Crippen LogP contribution in [0.15, 0.2) is 85.2 Å². The van der Waals surface area contributed by atoms with Gasteiger partial charge in [-0.15, -0.1) is 0 Å². The van der Waals surface area contributed by atoms with E-state index in [4.69, 9.17) is 0 Å². The predicted molar refractivity (Wildman–Crippen MR) is 145 cm³/mol. The molecular weight excluding hydrogens is 479 g/mol. The van der Waals surface area contributed by atoms with E-state index >= 15 is 0 Å². The number of likely N-dealkylation sites (tertiary alicyclic amines) is 1. The summed E-state index contributed by atoms with van der Waals surface area (Å²) >= 11 is 0. The van der Waals surface area contributed by atoms with E-state index in [1.54, 1.807) is 6.20 Å². The van der Waals surface area contributed by atoms with Crippen molar-refractivity contribution in [2.45, 2.75) is 50.9 Å². The highest BCUT2D eigenvalue weighted by atomic mass is 19.1. The lowest BCUT2D eigenvalue weighted by molar-refractivity contribution is -0.138. The largest absolute Gasteiger partial charge is 0.342 e. The van der Waals surface area contributed by atoms with Crippen LogP contribution in [0.5, 0.6) is 0 Å². The SMILES string of the molecule is CC(C)c1ccc([C@@H](NC(=O)[C@@H]2C[C@@H](F)CN2C(=O)Cc2cccc3ncccc23)c2ccccc2)nc1. The minimum Gasteiger partial charge on any atom is -0.342 e. The molecule has 0 radical (unpaired) electrons. The van der Waals surface area contributed by atoms with Crippen molar-refractivity contribution in [3.8, 4) is 0 Å². The van der Waals surface area contributed by atoms with Gasteiger partial charge in [-0.05, 0) is 40.8 Å². The molecule has 2 amide bonds. The average molecular weight is 511 g/mol. The third-order valence-corrected chi connectivity index (χ3v) is 7.14. The number of carbonyl (C=O) groups excluding carboxylic acids is 2. The van der Waals surface area contributed by atoms with Gasteiger partial charge in [0.1, 0.15) is 12.2 Å². The van der Waals surface area contributed by atoms with Gasteiger partial charge in [0.05, 0.1) is 30.2 Å². The van der Waals surface area contributed by atoms with Gasteiger partial charge in [0.15, 0.2) is 0 Å². The molecule has 38 heavy (non-hydrogen) atoms. The van der Waals surface area contributed by atoms with Crippen LogP contribution in [0.1, 0.15) is 54.6 Å². The molecule has 7 heteroatoms. The molecule has 0 aliphatic carbocycles. The first-order valence-corrected chi connectivity index (χ1v) is 13.0. The molecule has 0 saturated carbocycles. The minimum absolute atomic E-state index is 0.0319. The number of hydrogen-bond donors (Lipinski definition) is 1. The van der Waals surface area contributed by atoms with Gasteiger partial charge in [0.25, 0.3) is 0 Å². The molecule has 1 fully saturated rings. The van der Waals surface area contributed by atoms with Crippen molar-refractivity contribution in [2.24, 2.45) is 0 Å². The number of benzene rings is 2. The first-order chi connectivity index (χ1) is 18.4. The van der Waals surface area contributed by atoms with Crippen LogP contribution in [0.3, 0.4) is 0 Å². The second-order valence-corrected chi connectivity index (χ2v) is 10.1. The minimum atomic E-state index is -1.26. The summed E-state index contributed by atoms with van der Waals surface area (Å²) in [6, 6.07) is 21.4. The van der Waals surface area contributed by atoms with Crippen LogP contribution in [0.4, 0.5) is 4.39 Å². The lowest BCUT2D eigenvalue weighted by Gasteiger charge is -2.27. The summed E-state index contributed by atoms with van der Waals surface area (Å²) < 4.78 is 14.6. The Morgan fingerprint density at radius 1 is 0.974 bits per heavy atom. The van der Waals surface area contributed by atoms with E-state index in [1.165, 1.54) is 4.90 Å². The number of amides is 2. The van der Waals surface area contributed by atoms with Crippen LogP contribution in [-0.4, -0.2) is 45.4 Å². The van der Waals surface area contributed by atoms with Crippen molar-refractivity contribution in [3.63, 3.8) is 0 Å². The molecule has 1 N–H and O–H groups in total. The first kappa shape index (κ1) is 25.5. The van der Waals surface area contributed by atoms with Crippen LogP contribution in [0.2, 0.25) is 0 Å². The summed E-state index contributed by atoms with van der Waals surface area (Å²) in [5.74, 6) is -0.336. The maximum absolute atomic E-state index is 14.6. The molecule has 3 atom stereocenters. The van der Waals surface area contributed by atoms with Crippen LogP contribution < -0.4 is 5.32 Å². The number of halogens is 1. The van der Waals surface area contributed by atoms with E-state index < -0.39 is 18.3 Å². The Labute approximate surface area is 221 Å². The zero-order valence-electron chi connectivity index (χ0n) is 21.5. The highest BCUT2D eigenvalue weighted by Crippen LogP contribution is 2.27. The van der Waals surface area contributed by atoms with Crippen LogP contribution in [0, 0.1) is 0 Å². The molecule has 5 rings (SSSR count). The van der Waals surface area contributed by atoms with E-state index in [2.05, 4.69) is 29.1 Å². The molecular formula is C31H31FN4O2. The smallest absolute Gasteiger partial charge is 0.243 e. The van der Waals surface area contributed by atoms with Gasteiger partial charge in [-0.25, -0.2) is 4.39 Å². The van der Waals surface area contributed by atoms with Crippen LogP contribution in [-0.2, 0) is 16.0 Å². The fraction of sp³-hybridized carbons (Fsp3) is 0.290. The van der Waals surface area contributed by atoms with Crippen molar-refractivity contribution in [1.82, 2.24) is 20.2 Å². The van der Waals surface area contributed by atoms with Gasteiger partial charge in [-0.2, -0.15) is 0 Å². The molecule has 2 aromatic carbocycles. The number of hydrogen-bond acceptors (Lipinski definition) is 4. The van der Waals surface area contributed by atoms with E-state index in [0.717, 1.165) is 27.6 Å². The Balaban J connectivity index is 1.38. The lowest BCUT2D eigenvalue weighted by Crippen LogP contribution is -2.47. The second-order valence-electron chi connectivity index (χ2n) is 10.1. The fourth-order valence-corrected chi connectivity index (χ4v) is 5.04. The monoisotopic (exact) mass is 510 g/mol. The molecule has 2 aromatic heterocycles. The lowest BCUT2D eigenvalue weighted by atomic mass is 10.00. The Kier molecular flexibility index (Phi) is 7.45. The van der Waals surface area contributed by atoms with E-state index in [1.807, 2.05) is 79.0 Å². The summed E-state index contributed by atoms with van der Waals surface area (Å²) in [5.41, 5.74) is 4.24. The number of pyridine rings is 2. The maximum Gasteiger partial charge on any atom is 0.243 e. The summed E-state index contributed by atoms with van der Waals surface area (Å²) in [7, 11) is 0. The van der Waals surface area contributed by atoms with E-state index in [9.17, 15) is 14.0 Å². The molecule has 3 heterocycles. The molecule has 4 aromatic rings. The van der Waals surface area contributed by atoms with Gasteiger partial charge in [-0.1, -0.05) is 68.4 Å². The molecule has 1 aliphatic heterocycles. The van der Waals surface area contributed by atoms with Crippen LogP contribution >= 0.6 is 0 Å². The van der Waals surface area contributed by atoms with E-state index in [-0.39, 0.29) is 31.2 Å². The third-order valence-electron chi connectivity index (χ3n) is 7.14. The Morgan fingerprint density at radius 2 is 1.79 bits per heavy atom. The van der Waals surface area contributed by atoms with E-state index in [0.29, 0.717) is 11.6 Å². The second kappa shape index (κ2) is 11.1. The number of rotatable bonds is 7. The summed E-state index contributed by atoms with van der Waals surface area (Å²) in [6.45, 7) is 4.10. The van der Waals surface area contributed by atoms with Gasteiger partial charge in [0.2, 0.25) is 11.8 Å². The number of alkyl halides is 1. The zero-order chi connectivity index (χ0) is 26.6. The molecule has 0 unspecified atom stereocenters. The Morgan fingerprint density at radius 3 is 2.53 bits per heavy atom. The summed E-state index contributed by atoms with van der Waals surface area (Å²) in [4.78, 5) is 37.4. The third kappa shape index (κ3) is 5.42. The fourth-order valence-electron chi connectivity index (χ4n) is 5.04. The normalized spacial score (nSPS) is 18.1. The summed E-state index contributed by atoms with van der Waals surface area (Å²) in [5, 5.41) is 3.94. The zero-order valence-corrected chi connectivity index (χ0v) is 21.5. The highest BCUT2D eigenvalue weighted by molar-refractivity contribution is 5.92. The predicted octanol–water partition coefficient (Wildman–Crippen LogP) is 5.14. The molecule has 0 spiro atoms. The quantitative estimate of drug-likeness (QED) is 0.374. The Hall–Kier alpha value is -4.13. The number of nitrogens with zero attached hydrogens (tertiary/aromatic N) is 3. The average Bonchev–Trinajstić information content (AvgIpc) is 3.34. The van der Waals surface area contributed by atoms with Gasteiger partial charge in [0, 0.05) is 24.2 Å². The first-order valence-electron chi connectivity index (χ1n) is 13.0. The highest BCUT2D eigenvalue weighted by Gasteiger charge is 2.40. The van der Waals surface area contributed by atoms with Crippen molar-refractivity contribution in [2.75, 3.05) is 6.54 Å². The van der Waals surface area contributed by atoms with Gasteiger partial charge < -0.3 is 10.2 Å². The van der Waals surface area contributed by atoms with Crippen molar-refractivity contribution >= 4 is 22.7 Å². The Bertz CT molecular complexity index is 1420. The van der Waals surface area contributed by atoms with Gasteiger partial charge >= 0.3 is 0 Å².